The second kappa shape index (κ2) is 5.29. The fraction of sp³-hybridized carbons (Fsp3) is 0.400. The minimum atomic E-state index is -4.55. The van der Waals surface area contributed by atoms with Crippen LogP contribution in [0.15, 0.2) is 12.1 Å². The number of rotatable bonds is 3. The van der Waals surface area contributed by atoms with Gasteiger partial charge in [-0.2, -0.15) is 13.2 Å². The van der Waals surface area contributed by atoms with E-state index in [2.05, 4.69) is 4.98 Å². The summed E-state index contributed by atoms with van der Waals surface area (Å²) in [5, 5.41) is 8.84. The van der Waals surface area contributed by atoms with Crippen molar-refractivity contribution in [2.45, 2.75) is 19.1 Å². The Bertz CT molecular complexity index is 465. The van der Waals surface area contributed by atoms with E-state index in [1.807, 2.05) is 22.6 Å². The summed E-state index contributed by atoms with van der Waals surface area (Å²) in [7, 11) is 1.39. The maximum absolute atomic E-state index is 12.5. The van der Waals surface area contributed by atoms with Crippen molar-refractivity contribution in [2.24, 2.45) is 0 Å². The van der Waals surface area contributed by atoms with Crippen molar-refractivity contribution in [1.29, 1.82) is 0 Å². The highest BCUT2D eigenvalue weighted by Gasteiger charge is 2.33. The summed E-state index contributed by atoms with van der Waals surface area (Å²) < 4.78 is 38.0. The number of carbonyl (C=O) groups is 1. The van der Waals surface area contributed by atoms with E-state index in [0.29, 0.717) is 3.57 Å². The largest absolute Gasteiger partial charge is 0.480 e. The molecule has 0 fully saturated rings. The van der Waals surface area contributed by atoms with Gasteiger partial charge in [0.1, 0.15) is 17.6 Å². The molecule has 100 valence electrons. The summed E-state index contributed by atoms with van der Waals surface area (Å²) in [6.45, 7) is 1.38. The fourth-order valence-electron chi connectivity index (χ4n) is 1.19. The van der Waals surface area contributed by atoms with Crippen molar-refractivity contribution < 1.29 is 23.1 Å². The molecule has 0 radical (unpaired) electrons. The van der Waals surface area contributed by atoms with Gasteiger partial charge in [0.25, 0.3) is 0 Å². The van der Waals surface area contributed by atoms with E-state index in [9.17, 15) is 18.0 Å². The molecule has 18 heavy (non-hydrogen) atoms. The zero-order valence-corrected chi connectivity index (χ0v) is 11.7. The van der Waals surface area contributed by atoms with E-state index < -0.39 is 23.9 Å². The average molecular weight is 374 g/mol. The summed E-state index contributed by atoms with van der Waals surface area (Å²) >= 11 is 1.81. The lowest BCUT2D eigenvalue weighted by molar-refractivity contribution is -0.141. The Kier molecular flexibility index (Phi) is 4.41. The molecule has 4 nitrogen and oxygen atoms in total. The molecule has 0 aromatic carbocycles. The molecule has 0 amide bonds. The molecule has 0 spiro atoms. The summed E-state index contributed by atoms with van der Waals surface area (Å²) in [6.07, 6.45) is -4.55. The van der Waals surface area contributed by atoms with Crippen LogP contribution in [0, 0.1) is 3.57 Å². The predicted octanol–water partition coefficient (Wildman–Crippen LogP) is 2.61. The molecule has 1 aromatic rings. The molecule has 1 heterocycles. The maximum atomic E-state index is 12.5. The standard InChI is InChI=1S/C10H10F3IN2O2/c1-5(9(17)18)16(2)8-6(14)3-4-7(15-8)10(11,12)13/h3-5H,1-2H3,(H,17,18). The molecule has 1 N–H and O–H groups in total. The topological polar surface area (TPSA) is 53.4 Å². The number of hydrogen-bond acceptors (Lipinski definition) is 3. The minimum Gasteiger partial charge on any atom is -0.480 e. The predicted molar refractivity (Wildman–Crippen MR) is 67.5 cm³/mol. The second-order valence-electron chi connectivity index (χ2n) is 3.62. The lowest BCUT2D eigenvalue weighted by Gasteiger charge is -2.24. The number of anilines is 1. The number of likely N-dealkylation sites (N-methyl/N-ethyl adjacent to an activating group) is 1. The monoisotopic (exact) mass is 374 g/mol. The van der Waals surface area contributed by atoms with Gasteiger partial charge in [-0.3, -0.25) is 0 Å². The molecule has 0 bridgehead atoms. The van der Waals surface area contributed by atoms with E-state index in [1.165, 1.54) is 24.9 Å². The molecule has 1 aromatic heterocycles. The van der Waals surface area contributed by atoms with Crippen LogP contribution in [-0.4, -0.2) is 29.1 Å². The number of aliphatic carboxylic acids is 1. The van der Waals surface area contributed by atoms with Crippen molar-refractivity contribution in [3.8, 4) is 0 Å². The zero-order valence-electron chi connectivity index (χ0n) is 9.49. The summed E-state index contributed by atoms with van der Waals surface area (Å²) in [6, 6.07) is 1.16. The lowest BCUT2D eigenvalue weighted by Crippen LogP contribution is -2.37. The molecule has 8 heteroatoms. The number of hydrogen-bond donors (Lipinski definition) is 1. The highest BCUT2D eigenvalue weighted by atomic mass is 127. The number of carboxylic acid groups (broad SMARTS) is 1. The van der Waals surface area contributed by atoms with E-state index >= 15 is 0 Å². The van der Waals surface area contributed by atoms with Crippen molar-refractivity contribution >= 4 is 34.4 Å². The molecule has 0 saturated heterocycles. The molecule has 0 aliphatic heterocycles. The van der Waals surface area contributed by atoms with Crippen molar-refractivity contribution in [2.75, 3.05) is 11.9 Å². The molecular weight excluding hydrogens is 364 g/mol. The Hall–Kier alpha value is -1.06. The Balaban J connectivity index is 3.20. The third kappa shape index (κ3) is 3.24. The van der Waals surface area contributed by atoms with Gasteiger partial charge in [-0.25, -0.2) is 9.78 Å². The smallest absolute Gasteiger partial charge is 0.433 e. The Labute approximate surface area is 115 Å². The fourth-order valence-corrected chi connectivity index (χ4v) is 1.87. The van der Waals surface area contributed by atoms with Crippen LogP contribution < -0.4 is 4.90 Å². The van der Waals surface area contributed by atoms with Gasteiger partial charge in [-0.15, -0.1) is 0 Å². The Morgan fingerprint density at radius 2 is 2.06 bits per heavy atom. The number of aromatic nitrogens is 1. The lowest BCUT2D eigenvalue weighted by atomic mass is 10.3. The molecule has 0 aliphatic carbocycles. The number of alkyl halides is 3. The average Bonchev–Trinajstić information content (AvgIpc) is 2.26. The van der Waals surface area contributed by atoms with E-state index in [0.717, 1.165) is 6.07 Å². The SMILES string of the molecule is CC(C(=O)O)N(C)c1nc(C(F)(F)F)ccc1I. The molecule has 1 unspecified atom stereocenters. The zero-order chi connectivity index (χ0) is 14.1. The van der Waals surface area contributed by atoms with Gasteiger partial charge in [0.15, 0.2) is 0 Å². The molecule has 0 saturated carbocycles. The van der Waals surface area contributed by atoms with E-state index in [-0.39, 0.29) is 5.82 Å². The van der Waals surface area contributed by atoms with Crippen LogP contribution >= 0.6 is 22.6 Å². The van der Waals surface area contributed by atoms with Crippen LogP contribution in [0.1, 0.15) is 12.6 Å². The van der Waals surface area contributed by atoms with Gasteiger partial charge >= 0.3 is 12.1 Å². The van der Waals surface area contributed by atoms with Gasteiger partial charge in [0, 0.05) is 7.05 Å². The highest BCUT2D eigenvalue weighted by Crippen LogP contribution is 2.31. The van der Waals surface area contributed by atoms with Crippen molar-refractivity contribution in [1.82, 2.24) is 4.98 Å². The second-order valence-corrected chi connectivity index (χ2v) is 4.79. The number of pyridine rings is 1. The van der Waals surface area contributed by atoms with Gasteiger partial charge in [0.05, 0.1) is 3.57 Å². The first-order valence-electron chi connectivity index (χ1n) is 4.84. The van der Waals surface area contributed by atoms with Gasteiger partial charge < -0.3 is 10.0 Å². The van der Waals surface area contributed by atoms with Crippen LogP contribution in [-0.2, 0) is 11.0 Å². The third-order valence-electron chi connectivity index (χ3n) is 2.39. The first kappa shape index (κ1) is 15.0. The molecule has 0 aliphatic rings. The van der Waals surface area contributed by atoms with E-state index in [4.69, 9.17) is 5.11 Å². The Morgan fingerprint density at radius 3 is 2.50 bits per heavy atom. The van der Waals surface area contributed by atoms with Gasteiger partial charge in [-0.1, -0.05) is 0 Å². The number of halogens is 4. The van der Waals surface area contributed by atoms with Crippen molar-refractivity contribution in [3.05, 3.63) is 21.4 Å². The molecular formula is C10H10F3IN2O2. The number of nitrogens with zero attached hydrogens (tertiary/aromatic N) is 2. The van der Waals surface area contributed by atoms with Crippen LogP contribution in [0.25, 0.3) is 0 Å². The van der Waals surface area contributed by atoms with Gasteiger partial charge in [0.2, 0.25) is 0 Å². The normalized spacial score (nSPS) is 13.2. The third-order valence-corrected chi connectivity index (χ3v) is 3.23. The van der Waals surface area contributed by atoms with Gasteiger partial charge in [-0.05, 0) is 41.6 Å². The first-order chi connectivity index (χ1) is 8.14. The highest BCUT2D eigenvalue weighted by molar-refractivity contribution is 14.1. The van der Waals surface area contributed by atoms with Crippen molar-refractivity contribution in [3.63, 3.8) is 0 Å². The minimum absolute atomic E-state index is 0.000301. The van der Waals surface area contributed by atoms with Crippen LogP contribution in [0.5, 0.6) is 0 Å². The van der Waals surface area contributed by atoms with Crippen LogP contribution in [0.3, 0.4) is 0 Å². The summed E-state index contributed by atoms with van der Waals surface area (Å²) in [5.41, 5.74) is -1.04. The summed E-state index contributed by atoms with van der Waals surface area (Å²) in [4.78, 5) is 15.5. The van der Waals surface area contributed by atoms with Crippen LogP contribution in [0.4, 0.5) is 19.0 Å². The summed E-state index contributed by atoms with van der Waals surface area (Å²) in [5.74, 6) is -1.13. The van der Waals surface area contributed by atoms with E-state index in [1.54, 1.807) is 0 Å². The first-order valence-corrected chi connectivity index (χ1v) is 5.92. The molecule has 1 atom stereocenters. The quantitative estimate of drug-likeness (QED) is 0.827. The Morgan fingerprint density at radius 1 is 1.50 bits per heavy atom. The molecule has 1 rings (SSSR count). The maximum Gasteiger partial charge on any atom is 0.433 e. The van der Waals surface area contributed by atoms with Crippen LogP contribution in [0.2, 0.25) is 0 Å². The number of carboxylic acids is 1.